The minimum atomic E-state index is -4.31. The van der Waals surface area contributed by atoms with Crippen LogP contribution in [-0.4, -0.2) is 30.6 Å². The average molecular weight is 273 g/mol. The van der Waals surface area contributed by atoms with Crippen molar-refractivity contribution in [1.29, 1.82) is 0 Å². The predicted octanol–water partition coefficient (Wildman–Crippen LogP) is 3.57. The summed E-state index contributed by atoms with van der Waals surface area (Å²) < 4.78 is 43.4. The van der Waals surface area contributed by atoms with Crippen LogP contribution in [0.3, 0.4) is 0 Å². The van der Waals surface area contributed by atoms with E-state index in [1.165, 1.54) is 6.07 Å². The first-order valence-corrected chi connectivity index (χ1v) is 6.55. The van der Waals surface area contributed by atoms with Crippen LogP contribution in [0.1, 0.15) is 25.3 Å². The number of halogens is 3. The molecule has 1 aliphatic heterocycles. The van der Waals surface area contributed by atoms with Gasteiger partial charge in [0.15, 0.2) is 0 Å². The van der Waals surface area contributed by atoms with Crippen molar-refractivity contribution in [2.75, 3.05) is 19.6 Å². The van der Waals surface area contributed by atoms with Gasteiger partial charge in [-0.15, -0.1) is 0 Å². The molecule has 0 N–H and O–H groups in total. The Bertz CT molecular complexity index is 411. The largest absolute Gasteiger partial charge is 0.490 e. The van der Waals surface area contributed by atoms with Gasteiger partial charge in [0.1, 0.15) is 11.9 Å². The van der Waals surface area contributed by atoms with Gasteiger partial charge in [-0.25, -0.2) is 0 Å². The summed E-state index contributed by atoms with van der Waals surface area (Å²) >= 11 is 0. The summed E-state index contributed by atoms with van der Waals surface area (Å²) in [4.78, 5) is 2.31. The summed E-state index contributed by atoms with van der Waals surface area (Å²) in [6.07, 6.45) is -2.56. The predicted molar refractivity (Wildman–Crippen MR) is 67.2 cm³/mol. The van der Waals surface area contributed by atoms with Crippen molar-refractivity contribution in [3.8, 4) is 5.75 Å². The Kier molecular flexibility index (Phi) is 4.34. The molecule has 2 nitrogen and oxygen atoms in total. The number of benzene rings is 1. The lowest BCUT2D eigenvalue weighted by Crippen LogP contribution is -2.38. The van der Waals surface area contributed by atoms with E-state index in [9.17, 15) is 13.2 Å². The molecule has 2 rings (SSSR count). The van der Waals surface area contributed by atoms with Crippen molar-refractivity contribution < 1.29 is 17.9 Å². The number of hydrogen-bond acceptors (Lipinski definition) is 2. The Morgan fingerprint density at radius 2 is 1.95 bits per heavy atom. The zero-order chi connectivity index (χ0) is 13.9. The molecule has 0 amide bonds. The van der Waals surface area contributed by atoms with Gasteiger partial charge in [0.2, 0.25) is 0 Å². The average Bonchev–Trinajstić information content (AvgIpc) is 2.39. The fourth-order valence-corrected chi connectivity index (χ4v) is 2.28. The maximum absolute atomic E-state index is 12.6. The van der Waals surface area contributed by atoms with E-state index in [0.717, 1.165) is 44.6 Å². The van der Waals surface area contributed by atoms with Gasteiger partial charge in [0, 0.05) is 13.1 Å². The van der Waals surface area contributed by atoms with Gasteiger partial charge in [-0.3, -0.25) is 0 Å². The molecule has 0 aliphatic carbocycles. The highest BCUT2D eigenvalue weighted by Gasteiger charge is 2.31. The van der Waals surface area contributed by atoms with Crippen LogP contribution in [0.25, 0.3) is 0 Å². The second kappa shape index (κ2) is 5.82. The van der Waals surface area contributed by atoms with E-state index < -0.39 is 11.7 Å². The van der Waals surface area contributed by atoms with Gasteiger partial charge < -0.3 is 9.64 Å². The van der Waals surface area contributed by atoms with E-state index in [1.54, 1.807) is 6.07 Å². The minimum Gasteiger partial charge on any atom is -0.490 e. The van der Waals surface area contributed by atoms with Crippen LogP contribution >= 0.6 is 0 Å². The third kappa shape index (κ3) is 3.86. The molecular formula is C14H18F3NO. The summed E-state index contributed by atoms with van der Waals surface area (Å²) in [7, 11) is 0. The monoisotopic (exact) mass is 273 g/mol. The highest BCUT2D eigenvalue weighted by molar-refractivity contribution is 5.30. The Hall–Kier alpha value is -1.23. The SMILES string of the molecule is CCN1CCC(Oc2cccc(C(F)(F)F)c2)CC1. The normalized spacial score (nSPS) is 18.5. The van der Waals surface area contributed by atoms with Gasteiger partial charge in [0.25, 0.3) is 0 Å². The first-order valence-electron chi connectivity index (χ1n) is 6.55. The van der Waals surface area contributed by atoms with Crippen molar-refractivity contribution in [1.82, 2.24) is 4.90 Å². The Morgan fingerprint density at radius 3 is 2.53 bits per heavy atom. The maximum Gasteiger partial charge on any atom is 0.416 e. The Balaban J connectivity index is 1.97. The summed E-state index contributed by atoms with van der Waals surface area (Å²) in [5, 5.41) is 0. The summed E-state index contributed by atoms with van der Waals surface area (Å²) in [5.41, 5.74) is -0.656. The molecule has 106 valence electrons. The maximum atomic E-state index is 12.6. The topological polar surface area (TPSA) is 12.5 Å². The molecule has 19 heavy (non-hydrogen) atoms. The lowest BCUT2D eigenvalue weighted by molar-refractivity contribution is -0.137. The third-order valence-corrected chi connectivity index (χ3v) is 3.45. The van der Waals surface area contributed by atoms with E-state index in [1.807, 2.05) is 0 Å². The van der Waals surface area contributed by atoms with Gasteiger partial charge in [-0.05, 0) is 37.6 Å². The van der Waals surface area contributed by atoms with Crippen LogP contribution in [0.2, 0.25) is 0 Å². The van der Waals surface area contributed by atoms with Crippen LogP contribution in [0.4, 0.5) is 13.2 Å². The molecule has 5 heteroatoms. The molecule has 0 bridgehead atoms. The fraction of sp³-hybridized carbons (Fsp3) is 0.571. The zero-order valence-electron chi connectivity index (χ0n) is 10.9. The number of ether oxygens (including phenoxy) is 1. The van der Waals surface area contributed by atoms with Crippen LogP contribution in [0, 0.1) is 0 Å². The van der Waals surface area contributed by atoms with Gasteiger partial charge in [-0.2, -0.15) is 13.2 Å². The molecule has 0 radical (unpaired) electrons. The highest BCUT2D eigenvalue weighted by atomic mass is 19.4. The van der Waals surface area contributed by atoms with E-state index in [2.05, 4.69) is 11.8 Å². The van der Waals surface area contributed by atoms with Crippen molar-refractivity contribution >= 4 is 0 Å². The number of piperidine rings is 1. The van der Waals surface area contributed by atoms with Crippen LogP contribution < -0.4 is 4.74 Å². The lowest BCUT2D eigenvalue weighted by atomic mass is 10.1. The number of hydrogen-bond donors (Lipinski definition) is 0. The lowest BCUT2D eigenvalue weighted by Gasteiger charge is -2.31. The van der Waals surface area contributed by atoms with Crippen molar-refractivity contribution in [3.63, 3.8) is 0 Å². The summed E-state index contributed by atoms with van der Waals surface area (Å²) in [6, 6.07) is 5.11. The molecule has 0 spiro atoms. The smallest absolute Gasteiger partial charge is 0.416 e. The molecule has 1 aromatic rings. The number of nitrogens with zero attached hydrogens (tertiary/aromatic N) is 1. The second-order valence-electron chi connectivity index (χ2n) is 4.78. The Labute approximate surface area is 111 Å². The van der Waals surface area contributed by atoms with E-state index in [4.69, 9.17) is 4.74 Å². The van der Waals surface area contributed by atoms with E-state index >= 15 is 0 Å². The molecule has 0 saturated carbocycles. The Morgan fingerprint density at radius 1 is 1.26 bits per heavy atom. The molecule has 1 saturated heterocycles. The van der Waals surface area contributed by atoms with E-state index in [0.29, 0.717) is 5.75 Å². The van der Waals surface area contributed by atoms with Crippen LogP contribution in [0.5, 0.6) is 5.75 Å². The highest BCUT2D eigenvalue weighted by Crippen LogP contribution is 2.32. The summed E-state index contributed by atoms with van der Waals surface area (Å²) in [6.45, 7) is 5.00. The van der Waals surface area contributed by atoms with Crippen molar-refractivity contribution in [2.24, 2.45) is 0 Å². The standard InChI is InChI=1S/C14H18F3NO/c1-2-18-8-6-12(7-9-18)19-13-5-3-4-11(10-13)14(15,16)17/h3-5,10,12H,2,6-9H2,1H3. The van der Waals surface area contributed by atoms with E-state index in [-0.39, 0.29) is 6.10 Å². The van der Waals surface area contributed by atoms with Gasteiger partial charge >= 0.3 is 6.18 Å². The quantitative estimate of drug-likeness (QED) is 0.834. The molecule has 0 aromatic heterocycles. The fourth-order valence-electron chi connectivity index (χ4n) is 2.28. The number of likely N-dealkylation sites (tertiary alicyclic amines) is 1. The number of rotatable bonds is 3. The van der Waals surface area contributed by atoms with Gasteiger partial charge in [0.05, 0.1) is 5.56 Å². The molecule has 0 atom stereocenters. The first kappa shape index (κ1) is 14.2. The molecule has 1 aliphatic rings. The van der Waals surface area contributed by atoms with Crippen molar-refractivity contribution in [2.45, 2.75) is 32.0 Å². The van der Waals surface area contributed by atoms with Crippen molar-refractivity contribution in [3.05, 3.63) is 29.8 Å². The third-order valence-electron chi connectivity index (χ3n) is 3.45. The number of alkyl halides is 3. The molecule has 1 fully saturated rings. The summed E-state index contributed by atoms with van der Waals surface area (Å²) in [5.74, 6) is 0.310. The first-order chi connectivity index (χ1) is 8.99. The van der Waals surface area contributed by atoms with Crippen LogP contribution in [-0.2, 0) is 6.18 Å². The molecule has 1 heterocycles. The second-order valence-corrected chi connectivity index (χ2v) is 4.78. The molecular weight excluding hydrogens is 255 g/mol. The van der Waals surface area contributed by atoms with Crippen LogP contribution in [0.15, 0.2) is 24.3 Å². The minimum absolute atomic E-state index is 0.0197. The molecule has 0 unspecified atom stereocenters. The molecule has 1 aromatic carbocycles. The zero-order valence-corrected chi connectivity index (χ0v) is 10.9. The van der Waals surface area contributed by atoms with Gasteiger partial charge in [-0.1, -0.05) is 13.0 Å².